The monoisotopic (exact) mass is 475 g/mol. The van der Waals surface area contributed by atoms with Crippen LogP contribution in [0.1, 0.15) is 36.3 Å². The van der Waals surface area contributed by atoms with Crippen LogP contribution in [0.25, 0.3) is 10.6 Å². The van der Waals surface area contributed by atoms with Crippen LogP contribution in [0, 0.1) is 6.92 Å². The van der Waals surface area contributed by atoms with Crippen LogP contribution in [0.5, 0.6) is 0 Å². The Kier molecular flexibility index (Phi) is 6.40. The molecule has 32 heavy (non-hydrogen) atoms. The predicted octanol–water partition coefficient (Wildman–Crippen LogP) is 1.95. The van der Waals surface area contributed by atoms with Gasteiger partial charge in [0, 0.05) is 37.6 Å². The van der Waals surface area contributed by atoms with E-state index in [-0.39, 0.29) is 16.3 Å². The zero-order valence-electron chi connectivity index (χ0n) is 18.0. The number of aromatic amines is 1. The first-order valence-electron chi connectivity index (χ1n) is 10.5. The highest BCUT2D eigenvalue weighted by atomic mass is 32.2. The molecule has 0 fully saturated rings. The molecule has 0 aromatic carbocycles. The maximum absolute atomic E-state index is 13.0. The van der Waals surface area contributed by atoms with Gasteiger partial charge in [0.15, 0.2) is 0 Å². The predicted molar refractivity (Wildman–Crippen MR) is 122 cm³/mol. The summed E-state index contributed by atoms with van der Waals surface area (Å²) in [6.07, 6.45) is 5.35. The molecule has 3 aromatic heterocycles. The molecule has 9 nitrogen and oxygen atoms in total. The zero-order chi connectivity index (χ0) is 22.9. The molecule has 0 aliphatic heterocycles. The van der Waals surface area contributed by atoms with E-state index in [1.807, 2.05) is 0 Å². The lowest BCUT2D eigenvalue weighted by atomic mass is 9.97. The largest absolute Gasteiger partial charge is 0.328 e. The summed E-state index contributed by atoms with van der Waals surface area (Å²) in [5, 5.41) is 0. The fraction of sp³-hybridized carbons (Fsp3) is 0.429. The van der Waals surface area contributed by atoms with Gasteiger partial charge in [0.1, 0.15) is 10.0 Å². The normalized spacial score (nSPS) is 14.0. The molecule has 0 saturated heterocycles. The van der Waals surface area contributed by atoms with Crippen molar-refractivity contribution in [1.82, 2.24) is 23.8 Å². The fourth-order valence-electron chi connectivity index (χ4n) is 3.95. The molecule has 11 heteroatoms. The summed E-state index contributed by atoms with van der Waals surface area (Å²) in [6.45, 7) is 2.39. The van der Waals surface area contributed by atoms with Crippen LogP contribution in [0.3, 0.4) is 0 Å². The molecular formula is C21H25N5O4S2. The Bertz CT molecular complexity index is 1360. The maximum Gasteiger partial charge on any atom is 0.328 e. The smallest absolute Gasteiger partial charge is 0.297 e. The van der Waals surface area contributed by atoms with Crippen LogP contribution < -0.4 is 11.2 Å². The number of hydrogen-bond donors (Lipinski definition) is 1. The molecule has 170 valence electrons. The first kappa shape index (κ1) is 22.6. The standard InChI is InChI=1S/C21H25N5O4S2/c1-14-22-11-10-16(23-14)18-8-9-19(31-18)32(29,30)25(2)12-5-13-26-17-7-4-3-6-15(17)20(27)24-21(26)28/h8-11H,3-7,12-13H2,1-2H3,(H,24,27,28). The lowest BCUT2D eigenvalue weighted by molar-refractivity contribution is 0.437. The highest BCUT2D eigenvalue weighted by molar-refractivity contribution is 7.91. The molecular weight excluding hydrogens is 450 g/mol. The number of hydrogen-bond acceptors (Lipinski definition) is 7. The van der Waals surface area contributed by atoms with Gasteiger partial charge in [0.2, 0.25) is 0 Å². The highest BCUT2D eigenvalue weighted by Crippen LogP contribution is 2.31. The van der Waals surface area contributed by atoms with Crippen LogP contribution in [0.2, 0.25) is 0 Å². The topological polar surface area (TPSA) is 118 Å². The van der Waals surface area contributed by atoms with Gasteiger partial charge < -0.3 is 0 Å². The first-order chi connectivity index (χ1) is 15.3. The third-order valence-electron chi connectivity index (χ3n) is 5.63. The van der Waals surface area contributed by atoms with Gasteiger partial charge in [-0.15, -0.1) is 11.3 Å². The molecule has 0 saturated carbocycles. The maximum atomic E-state index is 13.0. The average Bonchev–Trinajstić information content (AvgIpc) is 3.27. The molecule has 3 aromatic rings. The van der Waals surface area contributed by atoms with Crippen molar-refractivity contribution in [3.63, 3.8) is 0 Å². The number of H-pyrrole nitrogens is 1. The molecule has 0 amide bonds. The fourth-order valence-corrected chi connectivity index (χ4v) is 6.64. The van der Waals surface area contributed by atoms with Gasteiger partial charge in [0.25, 0.3) is 15.6 Å². The summed E-state index contributed by atoms with van der Waals surface area (Å²) in [5.41, 5.74) is 1.44. The molecule has 0 bridgehead atoms. The minimum absolute atomic E-state index is 0.241. The second-order valence-electron chi connectivity index (χ2n) is 7.83. The zero-order valence-corrected chi connectivity index (χ0v) is 19.6. The van der Waals surface area contributed by atoms with Crippen LogP contribution in [-0.2, 0) is 29.4 Å². The number of fused-ring (bicyclic) bond motifs is 1. The molecule has 4 rings (SSSR count). The van der Waals surface area contributed by atoms with Crippen molar-refractivity contribution in [1.29, 1.82) is 0 Å². The van der Waals surface area contributed by atoms with Crippen molar-refractivity contribution in [2.24, 2.45) is 0 Å². The van der Waals surface area contributed by atoms with Crippen molar-refractivity contribution in [3.05, 3.63) is 62.3 Å². The van der Waals surface area contributed by atoms with E-state index >= 15 is 0 Å². The number of aromatic nitrogens is 4. The Hall–Kier alpha value is -2.63. The Labute approximate surface area is 189 Å². The lowest BCUT2D eigenvalue weighted by Crippen LogP contribution is -2.37. The molecule has 0 atom stereocenters. The second-order valence-corrected chi connectivity index (χ2v) is 11.2. The molecule has 0 unspecified atom stereocenters. The quantitative estimate of drug-likeness (QED) is 0.558. The van der Waals surface area contributed by atoms with Crippen LogP contribution in [-0.4, -0.2) is 45.8 Å². The third-order valence-corrected chi connectivity index (χ3v) is 9.07. The van der Waals surface area contributed by atoms with E-state index < -0.39 is 15.7 Å². The van der Waals surface area contributed by atoms with Crippen molar-refractivity contribution in [2.75, 3.05) is 13.6 Å². The van der Waals surface area contributed by atoms with E-state index in [2.05, 4.69) is 15.0 Å². The summed E-state index contributed by atoms with van der Waals surface area (Å²) in [6, 6.07) is 5.09. The number of nitrogens with zero attached hydrogens (tertiary/aromatic N) is 4. The summed E-state index contributed by atoms with van der Waals surface area (Å²) in [5.74, 6) is 0.622. The van der Waals surface area contributed by atoms with E-state index in [1.54, 1.807) is 35.9 Å². The van der Waals surface area contributed by atoms with Gasteiger partial charge in [-0.05, 0) is 57.2 Å². The first-order valence-corrected chi connectivity index (χ1v) is 12.7. The SMILES string of the molecule is Cc1nccc(-c2ccc(S(=O)(=O)N(C)CCCn3c4c(c(=O)[nH]c3=O)CCCC4)s2)n1. The van der Waals surface area contributed by atoms with Gasteiger partial charge in [-0.25, -0.2) is 27.5 Å². The van der Waals surface area contributed by atoms with Crippen LogP contribution in [0.4, 0.5) is 0 Å². The lowest BCUT2D eigenvalue weighted by Gasteiger charge is -2.21. The Balaban J connectivity index is 1.46. The van der Waals surface area contributed by atoms with Crippen molar-refractivity contribution < 1.29 is 8.42 Å². The number of rotatable bonds is 7. The summed E-state index contributed by atoms with van der Waals surface area (Å²) >= 11 is 1.17. The minimum atomic E-state index is -3.66. The van der Waals surface area contributed by atoms with E-state index in [1.165, 1.54) is 22.7 Å². The molecule has 0 spiro atoms. The molecule has 3 heterocycles. The summed E-state index contributed by atoms with van der Waals surface area (Å²) < 4.78 is 29.2. The van der Waals surface area contributed by atoms with Gasteiger partial charge in [-0.2, -0.15) is 0 Å². The molecule has 1 aliphatic rings. The molecule has 1 N–H and O–H groups in total. The number of thiophene rings is 1. The van der Waals surface area contributed by atoms with E-state index in [9.17, 15) is 18.0 Å². The Morgan fingerprint density at radius 2 is 1.97 bits per heavy atom. The molecule has 1 aliphatic carbocycles. The summed E-state index contributed by atoms with van der Waals surface area (Å²) in [7, 11) is -2.13. The van der Waals surface area contributed by atoms with E-state index in [0.29, 0.717) is 42.9 Å². The van der Waals surface area contributed by atoms with Gasteiger partial charge in [-0.1, -0.05) is 0 Å². The Morgan fingerprint density at radius 1 is 1.19 bits per heavy atom. The van der Waals surface area contributed by atoms with Crippen molar-refractivity contribution in [2.45, 2.75) is 49.8 Å². The van der Waals surface area contributed by atoms with E-state index in [4.69, 9.17) is 0 Å². The third kappa shape index (κ3) is 4.45. The number of sulfonamides is 1. The van der Waals surface area contributed by atoms with E-state index in [0.717, 1.165) is 23.4 Å². The van der Waals surface area contributed by atoms with Crippen molar-refractivity contribution >= 4 is 21.4 Å². The summed E-state index contributed by atoms with van der Waals surface area (Å²) in [4.78, 5) is 36.0. The van der Waals surface area contributed by atoms with Crippen LogP contribution >= 0.6 is 11.3 Å². The number of aryl methyl sites for hydroxylation is 1. The molecule has 0 radical (unpaired) electrons. The van der Waals surface area contributed by atoms with Crippen molar-refractivity contribution in [3.8, 4) is 10.6 Å². The van der Waals surface area contributed by atoms with Crippen LogP contribution in [0.15, 0.2) is 38.2 Å². The van der Waals surface area contributed by atoms with Gasteiger partial charge in [0.05, 0.1) is 10.6 Å². The van der Waals surface area contributed by atoms with Gasteiger partial charge in [-0.3, -0.25) is 14.3 Å². The minimum Gasteiger partial charge on any atom is -0.297 e. The van der Waals surface area contributed by atoms with Gasteiger partial charge >= 0.3 is 5.69 Å². The second kappa shape index (κ2) is 9.08. The number of nitrogens with one attached hydrogen (secondary N) is 1. The Morgan fingerprint density at radius 3 is 2.75 bits per heavy atom. The highest BCUT2D eigenvalue weighted by Gasteiger charge is 2.24. The average molecular weight is 476 g/mol.